The second-order valence-electron chi connectivity index (χ2n) is 8.05. The highest BCUT2D eigenvalue weighted by atomic mass is 32.2. The highest BCUT2D eigenvalue weighted by molar-refractivity contribution is 7.89. The predicted octanol–water partition coefficient (Wildman–Crippen LogP) is 1.99. The number of nitrogens with zero attached hydrogens (tertiary/aromatic N) is 2. The van der Waals surface area contributed by atoms with E-state index in [2.05, 4.69) is 5.32 Å². The van der Waals surface area contributed by atoms with Crippen molar-refractivity contribution in [3.05, 3.63) is 30.1 Å². The summed E-state index contributed by atoms with van der Waals surface area (Å²) in [5, 5.41) is 2.91. The van der Waals surface area contributed by atoms with Crippen molar-refractivity contribution in [2.75, 3.05) is 32.7 Å². The molecule has 3 rings (SSSR count). The van der Waals surface area contributed by atoms with E-state index in [1.165, 1.54) is 16.4 Å². The molecule has 2 saturated heterocycles. The van der Waals surface area contributed by atoms with E-state index in [4.69, 9.17) is 0 Å². The lowest BCUT2D eigenvalue weighted by atomic mass is 9.92. The Labute approximate surface area is 177 Å². The van der Waals surface area contributed by atoms with Crippen LogP contribution in [0, 0.1) is 17.7 Å². The fraction of sp³-hybridized carbons (Fsp3) is 0.619. The van der Waals surface area contributed by atoms with E-state index >= 15 is 0 Å². The van der Waals surface area contributed by atoms with Crippen molar-refractivity contribution in [3.8, 4) is 0 Å². The number of piperidine rings is 2. The summed E-state index contributed by atoms with van der Waals surface area (Å²) in [7, 11) is -3.69. The maximum atomic E-state index is 13.1. The molecule has 2 aliphatic heterocycles. The van der Waals surface area contributed by atoms with Gasteiger partial charge in [0.25, 0.3) is 0 Å². The minimum atomic E-state index is -3.69. The van der Waals surface area contributed by atoms with Crippen molar-refractivity contribution in [3.63, 3.8) is 0 Å². The summed E-state index contributed by atoms with van der Waals surface area (Å²) in [6.45, 7) is 4.23. The van der Waals surface area contributed by atoms with Gasteiger partial charge in [0.1, 0.15) is 5.82 Å². The lowest BCUT2D eigenvalue weighted by Gasteiger charge is -2.37. The zero-order valence-corrected chi connectivity index (χ0v) is 18.2. The Bertz CT molecular complexity index is 852. The standard InChI is InChI=1S/C21H30FN3O4S/c1-2-11-23-20(26)17-4-3-12-24(15-17)21(27)16-9-13-25(14-10-16)30(28,29)19-7-5-18(22)6-8-19/h5-8,16-17H,2-4,9-15H2,1H3,(H,23,26). The SMILES string of the molecule is CCCNC(=O)C1CCCN(C(=O)C2CCN(S(=O)(=O)c3ccc(F)cc3)CC2)C1. The first-order valence-corrected chi connectivity index (χ1v) is 12.1. The largest absolute Gasteiger partial charge is 0.356 e. The molecule has 0 spiro atoms. The average Bonchev–Trinajstić information content (AvgIpc) is 2.77. The summed E-state index contributed by atoms with van der Waals surface area (Å²) in [4.78, 5) is 27.1. The normalized spacial score (nSPS) is 21.4. The van der Waals surface area contributed by atoms with Gasteiger partial charge in [0.05, 0.1) is 10.8 Å². The second-order valence-corrected chi connectivity index (χ2v) is 9.98. The van der Waals surface area contributed by atoms with Gasteiger partial charge in [0, 0.05) is 38.6 Å². The zero-order chi connectivity index (χ0) is 21.7. The van der Waals surface area contributed by atoms with Crippen LogP contribution in [0.4, 0.5) is 4.39 Å². The van der Waals surface area contributed by atoms with E-state index in [-0.39, 0.29) is 41.6 Å². The maximum absolute atomic E-state index is 13.1. The Balaban J connectivity index is 1.56. The quantitative estimate of drug-likeness (QED) is 0.735. The van der Waals surface area contributed by atoms with Gasteiger partial charge in [-0.05, 0) is 56.4 Å². The minimum Gasteiger partial charge on any atom is -0.356 e. The molecule has 1 aromatic carbocycles. The van der Waals surface area contributed by atoms with Gasteiger partial charge in [-0.15, -0.1) is 0 Å². The molecular formula is C21H30FN3O4S. The molecule has 9 heteroatoms. The molecule has 7 nitrogen and oxygen atoms in total. The monoisotopic (exact) mass is 439 g/mol. The molecule has 1 aromatic rings. The molecule has 0 aliphatic carbocycles. The number of hydrogen-bond acceptors (Lipinski definition) is 4. The van der Waals surface area contributed by atoms with Crippen LogP contribution in [0.1, 0.15) is 39.0 Å². The first-order valence-electron chi connectivity index (χ1n) is 10.6. The number of nitrogens with one attached hydrogen (secondary N) is 1. The Kier molecular flexibility index (Phi) is 7.46. The maximum Gasteiger partial charge on any atom is 0.243 e. The van der Waals surface area contributed by atoms with E-state index < -0.39 is 15.8 Å². The Hall–Kier alpha value is -2.00. The molecule has 0 radical (unpaired) electrons. The van der Waals surface area contributed by atoms with Gasteiger partial charge in [-0.2, -0.15) is 4.31 Å². The number of sulfonamides is 1. The minimum absolute atomic E-state index is 0.00885. The third-order valence-corrected chi connectivity index (χ3v) is 7.82. The molecule has 1 N–H and O–H groups in total. The number of likely N-dealkylation sites (tertiary alicyclic amines) is 1. The summed E-state index contributed by atoms with van der Waals surface area (Å²) < 4.78 is 39.9. The van der Waals surface area contributed by atoms with Crippen molar-refractivity contribution < 1.29 is 22.4 Å². The van der Waals surface area contributed by atoms with Crippen molar-refractivity contribution in [1.82, 2.24) is 14.5 Å². The van der Waals surface area contributed by atoms with Crippen LogP contribution in [0.2, 0.25) is 0 Å². The molecule has 2 heterocycles. The molecule has 2 amide bonds. The van der Waals surface area contributed by atoms with E-state index in [1.807, 2.05) is 6.92 Å². The fourth-order valence-corrected chi connectivity index (χ4v) is 5.61. The van der Waals surface area contributed by atoms with Crippen molar-refractivity contribution in [2.45, 2.75) is 43.9 Å². The zero-order valence-electron chi connectivity index (χ0n) is 17.3. The highest BCUT2D eigenvalue weighted by Gasteiger charge is 2.36. The lowest BCUT2D eigenvalue weighted by molar-refractivity contribution is -0.140. The third-order valence-electron chi connectivity index (χ3n) is 5.91. The Morgan fingerprint density at radius 2 is 1.73 bits per heavy atom. The van der Waals surface area contributed by atoms with Crippen LogP contribution in [0.5, 0.6) is 0 Å². The topological polar surface area (TPSA) is 86.8 Å². The van der Waals surface area contributed by atoms with Crippen molar-refractivity contribution >= 4 is 21.8 Å². The van der Waals surface area contributed by atoms with E-state index in [1.54, 1.807) is 4.90 Å². The van der Waals surface area contributed by atoms with E-state index in [0.717, 1.165) is 31.4 Å². The molecular weight excluding hydrogens is 409 g/mol. The number of hydrogen-bond donors (Lipinski definition) is 1. The highest BCUT2D eigenvalue weighted by Crippen LogP contribution is 2.27. The number of amides is 2. The Morgan fingerprint density at radius 1 is 1.07 bits per heavy atom. The smallest absolute Gasteiger partial charge is 0.243 e. The second kappa shape index (κ2) is 9.87. The van der Waals surface area contributed by atoms with E-state index in [0.29, 0.717) is 32.5 Å². The van der Waals surface area contributed by atoms with Crippen LogP contribution in [0.3, 0.4) is 0 Å². The number of benzene rings is 1. The predicted molar refractivity (Wildman–Crippen MR) is 110 cm³/mol. The van der Waals surface area contributed by atoms with Gasteiger partial charge in [0.15, 0.2) is 0 Å². The molecule has 30 heavy (non-hydrogen) atoms. The van der Waals surface area contributed by atoms with Crippen molar-refractivity contribution in [1.29, 1.82) is 0 Å². The molecule has 2 aliphatic rings. The molecule has 0 saturated carbocycles. The molecule has 2 fully saturated rings. The summed E-state index contributed by atoms with van der Waals surface area (Å²) in [6, 6.07) is 4.79. The first-order chi connectivity index (χ1) is 14.3. The summed E-state index contributed by atoms with van der Waals surface area (Å²) >= 11 is 0. The molecule has 1 unspecified atom stereocenters. The van der Waals surface area contributed by atoms with Crippen LogP contribution in [0.15, 0.2) is 29.2 Å². The Morgan fingerprint density at radius 3 is 2.37 bits per heavy atom. The third kappa shape index (κ3) is 5.18. The lowest BCUT2D eigenvalue weighted by Crippen LogP contribution is -2.49. The fourth-order valence-electron chi connectivity index (χ4n) is 4.14. The number of halogens is 1. The molecule has 1 atom stereocenters. The summed E-state index contributed by atoms with van der Waals surface area (Å²) in [6.07, 6.45) is 3.35. The van der Waals surface area contributed by atoms with Crippen molar-refractivity contribution in [2.24, 2.45) is 11.8 Å². The van der Waals surface area contributed by atoms with Gasteiger partial charge in [0.2, 0.25) is 21.8 Å². The van der Waals surface area contributed by atoms with Crippen LogP contribution in [-0.2, 0) is 19.6 Å². The summed E-state index contributed by atoms with van der Waals surface area (Å²) in [5.41, 5.74) is 0. The van der Waals surface area contributed by atoms with Gasteiger partial charge >= 0.3 is 0 Å². The number of carbonyl (C=O) groups is 2. The molecule has 166 valence electrons. The first kappa shape index (κ1) is 22.7. The number of carbonyl (C=O) groups excluding carboxylic acids is 2. The van der Waals surface area contributed by atoms with Crippen LogP contribution in [0.25, 0.3) is 0 Å². The summed E-state index contributed by atoms with van der Waals surface area (Å²) in [5.74, 6) is -0.867. The molecule has 0 bridgehead atoms. The van der Waals surface area contributed by atoms with Gasteiger partial charge in [-0.3, -0.25) is 9.59 Å². The van der Waals surface area contributed by atoms with Crippen LogP contribution in [-0.4, -0.2) is 62.2 Å². The van der Waals surface area contributed by atoms with Crippen LogP contribution >= 0.6 is 0 Å². The van der Waals surface area contributed by atoms with Crippen LogP contribution < -0.4 is 5.32 Å². The number of rotatable bonds is 6. The van der Waals surface area contributed by atoms with Gasteiger partial charge in [-0.25, -0.2) is 12.8 Å². The van der Waals surface area contributed by atoms with Gasteiger partial charge in [-0.1, -0.05) is 6.92 Å². The van der Waals surface area contributed by atoms with Gasteiger partial charge < -0.3 is 10.2 Å². The van der Waals surface area contributed by atoms with E-state index in [9.17, 15) is 22.4 Å². The molecule has 0 aromatic heterocycles. The average molecular weight is 440 g/mol.